The van der Waals surface area contributed by atoms with Gasteiger partial charge in [-0.3, -0.25) is 4.79 Å². The number of hydrogen-bond acceptors (Lipinski definition) is 3. The molecule has 0 aliphatic carbocycles. The van der Waals surface area contributed by atoms with Crippen LogP contribution in [-0.2, 0) is 4.79 Å². The minimum atomic E-state index is -0.414. The van der Waals surface area contributed by atoms with Crippen LogP contribution in [0.3, 0.4) is 0 Å². The molecule has 0 saturated carbocycles. The van der Waals surface area contributed by atoms with Gasteiger partial charge in [-0.2, -0.15) is 0 Å². The van der Waals surface area contributed by atoms with Crippen LogP contribution in [0.25, 0.3) is 0 Å². The Bertz CT molecular complexity index is 354. The van der Waals surface area contributed by atoms with E-state index in [1.54, 1.807) is 13.0 Å². The lowest BCUT2D eigenvalue weighted by Crippen LogP contribution is -2.32. The summed E-state index contributed by atoms with van der Waals surface area (Å²) in [4.78, 5) is 15.0. The number of amides is 1. The molecule has 0 spiro atoms. The molecule has 76 valence electrons. The molecule has 0 bridgehead atoms. The van der Waals surface area contributed by atoms with Gasteiger partial charge in [-0.15, -0.1) is 0 Å². The highest BCUT2D eigenvalue weighted by atomic mass is 79.9. The Morgan fingerprint density at radius 3 is 2.79 bits per heavy atom. The number of halogens is 1. The number of nitrogens with two attached hydrogens (primary N) is 1. The maximum atomic E-state index is 10.8. The minimum absolute atomic E-state index is 0.396. The molecule has 0 radical (unpaired) electrons. The Labute approximate surface area is 91.0 Å². The number of hydrogen-bond donors (Lipinski definition) is 2. The van der Waals surface area contributed by atoms with Crippen molar-refractivity contribution in [1.29, 1.82) is 0 Å². The molecule has 0 fully saturated rings. The molecule has 5 heteroatoms. The van der Waals surface area contributed by atoms with E-state index in [9.17, 15) is 4.79 Å². The molecule has 1 unspecified atom stereocenters. The highest BCUT2D eigenvalue weighted by molar-refractivity contribution is 9.10. The van der Waals surface area contributed by atoms with Crippen LogP contribution >= 0.6 is 15.9 Å². The number of anilines is 1. The van der Waals surface area contributed by atoms with Crippen LogP contribution in [0.5, 0.6) is 0 Å². The highest BCUT2D eigenvalue weighted by Crippen LogP contribution is 2.16. The van der Waals surface area contributed by atoms with E-state index in [2.05, 4.69) is 26.2 Å². The van der Waals surface area contributed by atoms with Gasteiger partial charge in [0.05, 0.1) is 5.69 Å². The third-order valence-corrected chi connectivity index (χ3v) is 2.65. The fourth-order valence-electron chi connectivity index (χ4n) is 0.917. The lowest BCUT2D eigenvalue weighted by molar-refractivity contribution is -0.118. The van der Waals surface area contributed by atoms with Gasteiger partial charge in [0.2, 0.25) is 5.91 Å². The molecule has 1 rings (SSSR count). The van der Waals surface area contributed by atoms with E-state index in [1.165, 1.54) is 0 Å². The number of carbonyl (C=O) groups is 1. The molecule has 3 N–H and O–H groups in total. The van der Waals surface area contributed by atoms with Crippen LogP contribution in [0.15, 0.2) is 16.6 Å². The summed E-state index contributed by atoms with van der Waals surface area (Å²) >= 11 is 3.34. The summed E-state index contributed by atoms with van der Waals surface area (Å²) in [5.41, 5.74) is 5.98. The van der Waals surface area contributed by atoms with Crippen molar-refractivity contribution >= 4 is 27.7 Å². The van der Waals surface area contributed by atoms with E-state index in [4.69, 9.17) is 5.73 Å². The van der Waals surface area contributed by atoms with E-state index in [1.807, 2.05) is 13.0 Å². The van der Waals surface area contributed by atoms with E-state index in [-0.39, 0.29) is 0 Å². The number of carbonyl (C=O) groups excluding carboxylic acids is 1. The molecule has 0 saturated heterocycles. The first-order valence-corrected chi connectivity index (χ1v) is 4.99. The second-order valence-electron chi connectivity index (χ2n) is 3.03. The number of nitrogens with zero attached hydrogens (tertiary/aromatic N) is 1. The first kappa shape index (κ1) is 11.0. The maximum Gasteiger partial charge on any atom is 0.239 e. The Hall–Kier alpha value is -1.10. The van der Waals surface area contributed by atoms with Gasteiger partial charge in [-0.1, -0.05) is 0 Å². The molecule has 0 aliphatic heterocycles. The molecule has 0 aromatic carbocycles. The fraction of sp³-hybridized carbons (Fsp3) is 0.333. The molecular weight excluding hydrogens is 246 g/mol. The Balaban J connectivity index is 2.78. The number of nitrogens with one attached hydrogen (secondary N) is 1. The van der Waals surface area contributed by atoms with Crippen molar-refractivity contribution in [2.45, 2.75) is 19.9 Å². The summed E-state index contributed by atoms with van der Waals surface area (Å²) in [5.74, 6) is 0.254. The molecule has 1 aromatic heterocycles. The van der Waals surface area contributed by atoms with Crippen molar-refractivity contribution < 1.29 is 4.79 Å². The smallest absolute Gasteiger partial charge is 0.239 e. The van der Waals surface area contributed by atoms with Crippen LogP contribution < -0.4 is 11.1 Å². The highest BCUT2D eigenvalue weighted by Gasteiger charge is 2.08. The van der Waals surface area contributed by atoms with Gasteiger partial charge in [-0.25, -0.2) is 4.98 Å². The average molecular weight is 258 g/mol. The number of primary amides is 1. The van der Waals surface area contributed by atoms with Crippen LogP contribution in [0.2, 0.25) is 0 Å². The lowest BCUT2D eigenvalue weighted by Gasteiger charge is -2.11. The van der Waals surface area contributed by atoms with Crippen LogP contribution in [0, 0.1) is 6.92 Å². The molecule has 1 amide bonds. The third-order valence-electron chi connectivity index (χ3n) is 1.81. The van der Waals surface area contributed by atoms with Crippen LogP contribution in [0.4, 0.5) is 5.82 Å². The summed E-state index contributed by atoms with van der Waals surface area (Å²) in [6.45, 7) is 3.57. The summed E-state index contributed by atoms with van der Waals surface area (Å²) in [7, 11) is 0. The second kappa shape index (κ2) is 4.41. The maximum absolute atomic E-state index is 10.8. The quantitative estimate of drug-likeness (QED) is 0.861. The second-order valence-corrected chi connectivity index (χ2v) is 3.89. The zero-order chi connectivity index (χ0) is 10.7. The third kappa shape index (κ3) is 2.70. The van der Waals surface area contributed by atoms with Crippen molar-refractivity contribution in [3.8, 4) is 0 Å². The van der Waals surface area contributed by atoms with Crippen molar-refractivity contribution in [2.75, 3.05) is 5.32 Å². The van der Waals surface area contributed by atoms with Gasteiger partial charge >= 0.3 is 0 Å². The topological polar surface area (TPSA) is 68.0 Å². The molecule has 14 heavy (non-hydrogen) atoms. The number of pyridine rings is 1. The van der Waals surface area contributed by atoms with Crippen LogP contribution in [0.1, 0.15) is 12.6 Å². The van der Waals surface area contributed by atoms with Gasteiger partial charge in [0.15, 0.2) is 0 Å². The largest absolute Gasteiger partial charge is 0.368 e. The molecule has 1 atom stereocenters. The molecule has 1 aromatic rings. The van der Waals surface area contributed by atoms with Crippen molar-refractivity contribution in [2.24, 2.45) is 5.73 Å². The van der Waals surface area contributed by atoms with Gasteiger partial charge in [0.25, 0.3) is 0 Å². The van der Waals surface area contributed by atoms with Gasteiger partial charge in [0.1, 0.15) is 11.9 Å². The molecule has 0 aliphatic rings. The lowest BCUT2D eigenvalue weighted by atomic mass is 10.3. The van der Waals surface area contributed by atoms with E-state index in [0.29, 0.717) is 5.82 Å². The summed E-state index contributed by atoms with van der Waals surface area (Å²) in [5, 5.41) is 2.90. The zero-order valence-electron chi connectivity index (χ0n) is 8.04. The zero-order valence-corrected chi connectivity index (χ0v) is 9.63. The standard InChI is InChI=1S/C9H12BrN3O/c1-5-7(10)3-4-8(12-5)13-6(2)9(11)14/h3-4,6H,1-2H3,(H2,11,14)(H,12,13). The number of rotatable bonds is 3. The predicted molar refractivity (Wildman–Crippen MR) is 59.0 cm³/mol. The van der Waals surface area contributed by atoms with E-state index >= 15 is 0 Å². The normalized spacial score (nSPS) is 12.2. The predicted octanol–water partition coefficient (Wildman–Crippen LogP) is 1.44. The monoisotopic (exact) mass is 257 g/mol. The van der Waals surface area contributed by atoms with Crippen molar-refractivity contribution in [3.63, 3.8) is 0 Å². The summed E-state index contributed by atoms with van der Waals surface area (Å²) < 4.78 is 0.940. The SMILES string of the molecule is Cc1nc(NC(C)C(N)=O)ccc1Br. The Kier molecular flexibility index (Phi) is 3.46. The van der Waals surface area contributed by atoms with Crippen molar-refractivity contribution in [3.05, 3.63) is 22.3 Å². The summed E-state index contributed by atoms with van der Waals surface area (Å²) in [6.07, 6.45) is 0. The minimum Gasteiger partial charge on any atom is -0.368 e. The van der Waals surface area contributed by atoms with Crippen molar-refractivity contribution in [1.82, 2.24) is 4.98 Å². The van der Waals surface area contributed by atoms with Gasteiger partial charge in [-0.05, 0) is 41.9 Å². The Morgan fingerprint density at radius 2 is 2.29 bits per heavy atom. The van der Waals surface area contributed by atoms with Gasteiger partial charge < -0.3 is 11.1 Å². The van der Waals surface area contributed by atoms with E-state index < -0.39 is 11.9 Å². The first-order chi connectivity index (χ1) is 6.50. The Morgan fingerprint density at radius 1 is 1.64 bits per heavy atom. The first-order valence-electron chi connectivity index (χ1n) is 4.19. The molecule has 4 nitrogen and oxygen atoms in total. The molecular formula is C9H12BrN3O. The van der Waals surface area contributed by atoms with Crippen LogP contribution in [-0.4, -0.2) is 16.9 Å². The average Bonchev–Trinajstić information content (AvgIpc) is 2.11. The summed E-state index contributed by atoms with van der Waals surface area (Å²) in [6, 6.07) is 3.25. The fourth-order valence-corrected chi connectivity index (χ4v) is 1.14. The van der Waals surface area contributed by atoms with E-state index in [0.717, 1.165) is 10.2 Å². The number of aromatic nitrogens is 1. The molecule has 1 heterocycles. The number of aryl methyl sites for hydroxylation is 1. The van der Waals surface area contributed by atoms with Gasteiger partial charge in [0, 0.05) is 4.47 Å².